The third-order valence-corrected chi connectivity index (χ3v) is 4.34. The maximum absolute atomic E-state index is 12.3. The summed E-state index contributed by atoms with van der Waals surface area (Å²) in [6.45, 7) is 6.84. The molecule has 3 heteroatoms. The fraction of sp³-hybridized carbons (Fsp3) is 0.409. The van der Waals surface area contributed by atoms with E-state index in [2.05, 4.69) is 43.4 Å². The highest BCUT2D eigenvalue weighted by Gasteiger charge is 2.17. The zero-order valence-corrected chi connectivity index (χ0v) is 15.5. The number of ether oxygens (including phenoxy) is 1. The highest BCUT2D eigenvalue weighted by atomic mass is 16.5. The Hall–Kier alpha value is -2.29. The molecule has 0 spiro atoms. The smallest absolute Gasteiger partial charge is 0.261 e. The Morgan fingerprint density at radius 1 is 1.00 bits per heavy atom. The predicted molar refractivity (Wildman–Crippen MR) is 103 cm³/mol. The van der Waals surface area contributed by atoms with Gasteiger partial charge in [-0.2, -0.15) is 0 Å². The molecule has 1 N–H and O–H groups in total. The van der Waals surface area contributed by atoms with Crippen LogP contribution >= 0.6 is 0 Å². The highest BCUT2D eigenvalue weighted by molar-refractivity contribution is 5.81. The lowest BCUT2D eigenvalue weighted by molar-refractivity contribution is -0.128. The van der Waals surface area contributed by atoms with Crippen LogP contribution < -0.4 is 10.1 Å². The van der Waals surface area contributed by atoms with Gasteiger partial charge in [0.2, 0.25) is 0 Å². The first-order valence-corrected chi connectivity index (χ1v) is 9.21. The van der Waals surface area contributed by atoms with Crippen molar-refractivity contribution in [2.24, 2.45) is 0 Å². The van der Waals surface area contributed by atoms with Crippen LogP contribution in [0.1, 0.15) is 43.4 Å². The molecule has 0 bridgehead atoms. The van der Waals surface area contributed by atoms with Crippen LogP contribution in [0.5, 0.6) is 5.75 Å². The van der Waals surface area contributed by atoms with Crippen molar-refractivity contribution in [1.82, 2.24) is 5.32 Å². The standard InChI is InChI=1S/C22H29NO2/c1-4-18-12-14-20(15-13-18)25-21(5-2)22(24)23-16-6-7-19-10-8-17(3)9-11-19/h8-15,21H,4-7,16H2,1-3H3,(H,23,24)/t21-/m0/s1. The van der Waals surface area contributed by atoms with E-state index in [1.165, 1.54) is 16.7 Å². The number of aryl methyl sites for hydroxylation is 3. The Morgan fingerprint density at radius 3 is 2.24 bits per heavy atom. The molecule has 0 aromatic heterocycles. The van der Waals surface area contributed by atoms with E-state index < -0.39 is 6.10 Å². The third-order valence-electron chi connectivity index (χ3n) is 4.34. The van der Waals surface area contributed by atoms with Gasteiger partial charge in [-0.15, -0.1) is 0 Å². The van der Waals surface area contributed by atoms with E-state index in [1.54, 1.807) is 0 Å². The number of hydrogen-bond acceptors (Lipinski definition) is 2. The molecular formula is C22H29NO2. The van der Waals surface area contributed by atoms with Gasteiger partial charge in [-0.1, -0.05) is 55.8 Å². The van der Waals surface area contributed by atoms with Crippen LogP contribution in [-0.2, 0) is 17.6 Å². The maximum atomic E-state index is 12.3. The van der Waals surface area contributed by atoms with Crippen LogP contribution in [0.15, 0.2) is 48.5 Å². The van der Waals surface area contributed by atoms with Crippen molar-refractivity contribution in [2.75, 3.05) is 6.54 Å². The van der Waals surface area contributed by atoms with Gasteiger partial charge >= 0.3 is 0 Å². The van der Waals surface area contributed by atoms with Crippen molar-refractivity contribution in [3.05, 3.63) is 65.2 Å². The molecule has 0 unspecified atom stereocenters. The molecule has 3 nitrogen and oxygen atoms in total. The van der Waals surface area contributed by atoms with Crippen molar-refractivity contribution >= 4 is 5.91 Å². The molecule has 1 atom stereocenters. The molecule has 134 valence electrons. The predicted octanol–water partition coefficient (Wildman–Crippen LogP) is 4.46. The number of carbonyl (C=O) groups is 1. The zero-order valence-electron chi connectivity index (χ0n) is 15.5. The van der Waals surface area contributed by atoms with E-state index in [0.717, 1.165) is 25.0 Å². The monoisotopic (exact) mass is 339 g/mol. The third kappa shape index (κ3) is 6.26. The molecule has 0 radical (unpaired) electrons. The van der Waals surface area contributed by atoms with Crippen LogP contribution in [0.25, 0.3) is 0 Å². The Balaban J connectivity index is 1.75. The Labute approximate surface area is 151 Å². The van der Waals surface area contributed by atoms with Gasteiger partial charge in [0.25, 0.3) is 5.91 Å². The summed E-state index contributed by atoms with van der Waals surface area (Å²) >= 11 is 0. The lowest BCUT2D eigenvalue weighted by atomic mass is 10.1. The van der Waals surface area contributed by atoms with Crippen molar-refractivity contribution in [3.8, 4) is 5.75 Å². The van der Waals surface area contributed by atoms with Gasteiger partial charge in [0.15, 0.2) is 6.10 Å². The molecule has 25 heavy (non-hydrogen) atoms. The van der Waals surface area contributed by atoms with Gasteiger partial charge in [0, 0.05) is 6.54 Å². The lowest BCUT2D eigenvalue weighted by Crippen LogP contribution is -2.38. The van der Waals surface area contributed by atoms with Crippen molar-refractivity contribution < 1.29 is 9.53 Å². The summed E-state index contributed by atoms with van der Waals surface area (Å²) in [4.78, 5) is 12.3. The summed E-state index contributed by atoms with van der Waals surface area (Å²) in [5.41, 5.74) is 3.84. The van der Waals surface area contributed by atoms with Gasteiger partial charge < -0.3 is 10.1 Å². The number of amides is 1. The molecular weight excluding hydrogens is 310 g/mol. The van der Waals surface area contributed by atoms with Crippen LogP contribution in [-0.4, -0.2) is 18.6 Å². The van der Waals surface area contributed by atoms with Crippen molar-refractivity contribution in [3.63, 3.8) is 0 Å². The van der Waals surface area contributed by atoms with Crippen molar-refractivity contribution in [2.45, 2.75) is 52.6 Å². The van der Waals surface area contributed by atoms with Crippen LogP contribution in [0.3, 0.4) is 0 Å². The molecule has 0 aliphatic rings. The second-order valence-corrected chi connectivity index (χ2v) is 6.39. The molecule has 2 aromatic carbocycles. The average Bonchev–Trinajstić information content (AvgIpc) is 2.65. The van der Waals surface area contributed by atoms with Gasteiger partial charge in [-0.05, 0) is 55.9 Å². The molecule has 1 amide bonds. The normalized spacial score (nSPS) is 11.8. The Kier molecular flexibility index (Phi) is 7.52. The summed E-state index contributed by atoms with van der Waals surface area (Å²) in [5.74, 6) is 0.713. The van der Waals surface area contributed by atoms with Crippen LogP contribution in [0.4, 0.5) is 0 Å². The van der Waals surface area contributed by atoms with Crippen molar-refractivity contribution in [1.29, 1.82) is 0 Å². The van der Waals surface area contributed by atoms with E-state index >= 15 is 0 Å². The minimum absolute atomic E-state index is 0.0361. The first-order valence-electron chi connectivity index (χ1n) is 9.21. The fourth-order valence-electron chi connectivity index (χ4n) is 2.66. The number of rotatable bonds is 9. The number of hydrogen-bond donors (Lipinski definition) is 1. The summed E-state index contributed by atoms with van der Waals surface area (Å²) in [6, 6.07) is 16.5. The summed E-state index contributed by atoms with van der Waals surface area (Å²) in [7, 11) is 0. The Bertz CT molecular complexity index is 647. The summed E-state index contributed by atoms with van der Waals surface area (Å²) < 4.78 is 5.84. The second-order valence-electron chi connectivity index (χ2n) is 6.39. The minimum Gasteiger partial charge on any atom is -0.481 e. The molecule has 0 heterocycles. The van der Waals surface area contributed by atoms with E-state index in [4.69, 9.17) is 4.74 Å². The topological polar surface area (TPSA) is 38.3 Å². The zero-order chi connectivity index (χ0) is 18.1. The fourth-order valence-corrected chi connectivity index (χ4v) is 2.66. The first kappa shape index (κ1) is 19.0. The van der Waals surface area contributed by atoms with Gasteiger partial charge in [-0.3, -0.25) is 4.79 Å². The average molecular weight is 339 g/mol. The van der Waals surface area contributed by atoms with E-state index in [9.17, 15) is 4.79 Å². The minimum atomic E-state index is -0.438. The first-order chi connectivity index (χ1) is 12.1. The SMILES string of the molecule is CCc1ccc(O[C@@H](CC)C(=O)NCCCc2ccc(C)cc2)cc1. The molecule has 0 saturated heterocycles. The maximum Gasteiger partial charge on any atom is 0.261 e. The largest absolute Gasteiger partial charge is 0.481 e. The van der Waals surface area contributed by atoms with Crippen LogP contribution in [0, 0.1) is 6.92 Å². The molecule has 0 aliphatic carbocycles. The molecule has 2 rings (SSSR count). The number of nitrogens with one attached hydrogen (secondary N) is 1. The lowest BCUT2D eigenvalue weighted by Gasteiger charge is -2.17. The summed E-state index contributed by atoms with van der Waals surface area (Å²) in [6.07, 6.45) is 3.11. The molecule has 0 fully saturated rings. The number of carbonyl (C=O) groups excluding carboxylic acids is 1. The molecule has 0 aliphatic heterocycles. The summed E-state index contributed by atoms with van der Waals surface area (Å²) in [5, 5.41) is 2.99. The number of benzene rings is 2. The Morgan fingerprint density at radius 2 is 1.64 bits per heavy atom. The van der Waals surface area contributed by atoms with E-state index in [-0.39, 0.29) is 5.91 Å². The van der Waals surface area contributed by atoms with Gasteiger partial charge in [0.05, 0.1) is 0 Å². The molecule has 2 aromatic rings. The van der Waals surface area contributed by atoms with Gasteiger partial charge in [-0.25, -0.2) is 0 Å². The molecule has 0 saturated carbocycles. The van der Waals surface area contributed by atoms with E-state index in [0.29, 0.717) is 13.0 Å². The second kappa shape index (κ2) is 9.87. The van der Waals surface area contributed by atoms with Crippen LogP contribution in [0.2, 0.25) is 0 Å². The van der Waals surface area contributed by atoms with E-state index in [1.807, 2.05) is 31.2 Å². The highest BCUT2D eigenvalue weighted by Crippen LogP contribution is 2.15. The van der Waals surface area contributed by atoms with Gasteiger partial charge in [0.1, 0.15) is 5.75 Å². The quantitative estimate of drug-likeness (QED) is 0.685.